The monoisotopic (exact) mass is 346 g/mol. The molecule has 0 amide bonds. The molecule has 24 heavy (non-hydrogen) atoms. The maximum absolute atomic E-state index is 10.6. The van der Waals surface area contributed by atoms with E-state index in [2.05, 4.69) is 24.8 Å². The summed E-state index contributed by atoms with van der Waals surface area (Å²) < 4.78 is 9.37. The second kappa shape index (κ2) is 23.1. The first-order valence-corrected chi connectivity index (χ1v) is 7.80. The fourth-order valence-electron chi connectivity index (χ4n) is 0.936. The van der Waals surface area contributed by atoms with Gasteiger partial charge in [0.2, 0.25) is 0 Å². The molecule has 0 aliphatic rings. The Hall–Kier alpha value is -2.15. The number of aliphatic carboxylic acids is 1. The van der Waals surface area contributed by atoms with Crippen molar-refractivity contribution in [3.05, 3.63) is 25.3 Å². The SMILES string of the molecule is C=CC(=O)O.C=CC(=O)OCCCO.CCCCCOC(=O)CC. The van der Waals surface area contributed by atoms with Gasteiger partial charge in [0.05, 0.1) is 13.2 Å². The summed E-state index contributed by atoms with van der Waals surface area (Å²) >= 11 is 0. The van der Waals surface area contributed by atoms with Gasteiger partial charge in [-0.25, -0.2) is 9.59 Å². The van der Waals surface area contributed by atoms with Crippen LogP contribution >= 0.6 is 0 Å². The number of aliphatic hydroxyl groups excluding tert-OH is 1. The van der Waals surface area contributed by atoms with Crippen molar-refractivity contribution in [1.29, 1.82) is 0 Å². The molecule has 0 aromatic heterocycles. The standard InChI is InChI=1S/C8H16O2.C6H10O3.C3H4O2/c1-3-5-6-7-10-8(9)4-2;1-2-6(8)9-5-3-4-7;1-2-3(4)5/h3-7H2,1-2H3;2,7H,1,3-5H2;2H,1H2,(H,4,5). The number of esters is 2. The molecule has 0 aliphatic carbocycles. The molecule has 2 N–H and O–H groups in total. The first kappa shape index (κ1) is 26.7. The van der Waals surface area contributed by atoms with Gasteiger partial charge in [0, 0.05) is 31.6 Å². The zero-order valence-electron chi connectivity index (χ0n) is 14.7. The number of carboxylic acids is 1. The molecule has 0 radical (unpaired) electrons. The molecule has 140 valence electrons. The van der Waals surface area contributed by atoms with E-state index in [0.717, 1.165) is 25.0 Å². The number of rotatable bonds is 10. The van der Waals surface area contributed by atoms with Crippen molar-refractivity contribution >= 4 is 17.9 Å². The smallest absolute Gasteiger partial charge is 0.330 e. The highest BCUT2D eigenvalue weighted by atomic mass is 16.5. The van der Waals surface area contributed by atoms with Crippen molar-refractivity contribution in [2.75, 3.05) is 19.8 Å². The Morgan fingerprint density at radius 3 is 1.88 bits per heavy atom. The summed E-state index contributed by atoms with van der Waals surface area (Å²) in [6.45, 7) is 11.0. The Morgan fingerprint density at radius 1 is 0.958 bits per heavy atom. The summed E-state index contributed by atoms with van der Waals surface area (Å²) in [6, 6.07) is 0. The topological polar surface area (TPSA) is 110 Å². The number of aliphatic hydroxyl groups is 1. The third-order valence-electron chi connectivity index (χ3n) is 2.19. The van der Waals surface area contributed by atoms with E-state index >= 15 is 0 Å². The highest BCUT2D eigenvalue weighted by molar-refractivity contribution is 5.81. The van der Waals surface area contributed by atoms with E-state index in [-0.39, 0.29) is 19.2 Å². The molecule has 0 bridgehead atoms. The Balaban J connectivity index is -0.000000291. The van der Waals surface area contributed by atoms with E-state index in [1.54, 1.807) is 0 Å². The van der Waals surface area contributed by atoms with E-state index in [0.29, 0.717) is 19.4 Å². The lowest BCUT2D eigenvalue weighted by Crippen LogP contribution is -2.03. The lowest BCUT2D eigenvalue weighted by Gasteiger charge is -2.00. The number of ether oxygens (including phenoxy) is 2. The highest BCUT2D eigenvalue weighted by Gasteiger charge is 1.95. The number of unbranched alkanes of at least 4 members (excludes halogenated alkanes) is 2. The summed E-state index contributed by atoms with van der Waals surface area (Å²) in [6.07, 6.45) is 6.23. The van der Waals surface area contributed by atoms with Gasteiger partial charge in [-0.3, -0.25) is 4.79 Å². The van der Waals surface area contributed by atoms with Crippen molar-refractivity contribution in [3.63, 3.8) is 0 Å². The molecule has 0 atom stereocenters. The molecular weight excluding hydrogens is 316 g/mol. The van der Waals surface area contributed by atoms with E-state index in [9.17, 15) is 14.4 Å². The number of carbonyl (C=O) groups excluding carboxylic acids is 2. The Labute approximate surface area is 144 Å². The minimum Gasteiger partial charge on any atom is -0.478 e. The van der Waals surface area contributed by atoms with Gasteiger partial charge in [-0.2, -0.15) is 0 Å². The van der Waals surface area contributed by atoms with E-state index in [1.807, 2.05) is 6.92 Å². The van der Waals surface area contributed by atoms with Gasteiger partial charge in [-0.15, -0.1) is 0 Å². The van der Waals surface area contributed by atoms with E-state index < -0.39 is 11.9 Å². The third-order valence-corrected chi connectivity index (χ3v) is 2.19. The zero-order chi connectivity index (χ0) is 19.2. The summed E-state index contributed by atoms with van der Waals surface area (Å²) in [5.74, 6) is -1.51. The Kier molecular flexibility index (Phi) is 25.8. The largest absolute Gasteiger partial charge is 0.478 e. The molecule has 0 aromatic carbocycles. The molecule has 0 saturated carbocycles. The summed E-state index contributed by atoms with van der Waals surface area (Å²) in [5, 5.41) is 15.8. The van der Waals surface area contributed by atoms with Crippen LogP contribution in [0.15, 0.2) is 25.3 Å². The van der Waals surface area contributed by atoms with Crippen molar-refractivity contribution in [2.24, 2.45) is 0 Å². The number of hydrogen-bond acceptors (Lipinski definition) is 6. The van der Waals surface area contributed by atoms with Crippen molar-refractivity contribution < 1.29 is 34.1 Å². The zero-order valence-corrected chi connectivity index (χ0v) is 14.7. The van der Waals surface area contributed by atoms with E-state index in [1.165, 1.54) is 6.42 Å². The van der Waals surface area contributed by atoms with Crippen LogP contribution < -0.4 is 0 Å². The molecule has 0 saturated heterocycles. The highest BCUT2D eigenvalue weighted by Crippen LogP contribution is 1.95. The fourth-order valence-corrected chi connectivity index (χ4v) is 0.936. The molecule has 0 unspecified atom stereocenters. The maximum Gasteiger partial charge on any atom is 0.330 e. The molecule has 0 spiro atoms. The van der Waals surface area contributed by atoms with Gasteiger partial charge < -0.3 is 19.7 Å². The van der Waals surface area contributed by atoms with Gasteiger partial charge >= 0.3 is 17.9 Å². The van der Waals surface area contributed by atoms with Crippen LogP contribution in [0.4, 0.5) is 0 Å². The quantitative estimate of drug-likeness (QED) is 0.355. The van der Waals surface area contributed by atoms with Crippen molar-refractivity contribution in [2.45, 2.75) is 46.0 Å². The number of hydrogen-bond donors (Lipinski definition) is 2. The summed E-state index contributed by atoms with van der Waals surface area (Å²) in [4.78, 5) is 30.1. The lowest BCUT2D eigenvalue weighted by atomic mass is 10.3. The minimum absolute atomic E-state index is 0.0461. The second-order valence-corrected chi connectivity index (χ2v) is 4.27. The normalized spacial score (nSPS) is 8.46. The van der Waals surface area contributed by atoms with Crippen molar-refractivity contribution in [1.82, 2.24) is 0 Å². The van der Waals surface area contributed by atoms with E-state index in [4.69, 9.17) is 14.9 Å². The summed E-state index contributed by atoms with van der Waals surface area (Å²) in [5.41, 5.74) is 0. The van der Waals surface area contributed by atoms with Crippen LogP contribution in [0.25, 0.3) is 0 Å². The van der Waals surface area contributed by atoms with Crippen LogP contribution in [0.2, 0.25) is 0 Å². The summed E-state index contributed by atoms with van der Waals surface area (Å²) in [7, 11) is 0. The molecule has 0 aromatic rings. The van der Waals surface area contributed by atoms with Crippen LogP contribution in [0.3, 0.4) is 0 Å². The predicted octanol–water partition coefficient (Wildman–Crippen LogP) is 2.48. The van der Waals surface area contributed by atoms with Crippen LogP contribution in [0.1, 0.15) is 46.0 Å². The van der Waals surface area contributed by atoms with Gasteiger partial charge in [0.25, 0.3) is 0 Å². The maximum atomic E-state index is 10.6. The first-order valence-electron chi connectivity index (χ1n) is 7.80. The van der Waals surface area contributed by atoms with Crippen LogP contribution in [0, 0.1) is 0 Å². The number of carboxylic acid groups (broad SMARTS) is 1. The van der Waals surface area contributed by atoms with Gasteiger partial charge in [-0.05, 0) is 6.42 Å². The molecule has 0 fully saturated rings. The van der Waals surface area contributed by atoms with Crippen LogP contribution in [0.5, 0.6) is 0 Å². The average molecular weight is 346 g/mol. The second-order valence-electron chi connectivity index (χ2n) is 4.27. The average Bonchev–Trinajstić information content (AvgIpc) is 2.59. The Morgan fingerprint density at radius 2 is 1.50 bits per heavy atom. The van der Waals surface area contributed by atoms with Gasteiger partial charge in [-0.1, -0.05) is 39.8 Å². The predicted molar refractivity (Wildman–Crippen MR) is 91.5 cm³/mol. The van der Waals surface area contributed by atoms with Crippen molar-refractivity contribution in [3.8, 4) is 0 Å². The molecule has 0 aliphatic heterocycles. The fraction of sp³-hybridized carbons (Fsp3) is 0.588. The molecule has 0 rings (SSSR count). The first-order chi connectivity index (χ1) is 11.4. The van der Waals surface area contributed by atoms with Gasteiger partial charge in [0.15, 0.2) is 0 Å². The molecule has 7 nitrogen and oxygen atoms in total. The molecule has 7 heteroatoms. The molecular formula is C17H30O7. The number of carbonyl (C=O) groups is 3. The third kappa shape index (κ3) is 32.0. The minimum atomic E-state index is -0.981. The molecule has 0 heterocycles. The van der Waals surface area contributed by atoms with Crippen LogP contribution in [-0.4, -0.2) is 47.9 Å². The van der Waals surface area contributed by atoms with Crippen LogP contribution in [-0.2, 0) is 23.9 Å². The lowest BCUT2D eigenvalue weighted by molar-refractivity contribution is -0.143. The van der Waals surface area contributed by atoms with Gasteiger partial charge in [0.1, 0.15) is 0 Å². The Bertz CT molecular complexity index is 351.